The monoisotopic (exact) mass is 372 g/mol. The molecule has 0 fully saturated rings. The van der Waals surface area contributed by atoms with Gasteiger partial charge in [-0.2, -0.15) is 9.97 Å². The molecule has 0 spiro atoms. The number of hydrogen-bond acceptors (Lipinski definition) is 6. The van der Waals surface area contributed by atoms with Crippen molar-refractivity contribution < 1.29 is 9.47 Å². The fraction of sp³-hybridized carbons (Fsp3) is 0.308. The molecule has 0 aliphatic carbocycles. The Hall–Kier alpha value is -1.60. The molecule has 0 atom stereocenters. The topological polar surface area (TPSA) is 69.2 Å². The summed E-state index contributed by atoms with van der Waals surface area (Å²) < 4.78 is 11.9. The molecule has 1 N–H and O–H groups in total. The van der Waals surface area contributed by atoms with E-state index in [0.29, 0.717) is 16.7 Å². The summed E-state index contributed by atoms with van der Waals surface area (Å²) in [6.45, 7) is 3.77. The van der Waals surface area contributed by atoms with Crippen molar-refractivity contribution in [2.75, 3.05) is 12.4 Å². The second-order valence-corrected chi connectivity index (χ2v) is 5.64. The molecule has 0 radical (unpaired) electrons. The number of nitrogens with one attached hydrogen (secondary N) is 1. The highest BCUT2D eigenvalue weighted by molar-refractivity contribution is 9.10. The van der Waals surface area contributed by atoms with Crippen LogP contribution in [-0.2, 0) is 0 Å². The van der Waals surface area contributed by atoms with Crippen molar-refractivity contribution in [1.82, 2.24) is 15.0 Å². The van der Waals surface area contributed by atoms with E-state index in [0.717, 1.165) is 4.47 Å². The number of hydrogen-bond donors (Lipinski definition) is 1. The lowest BCUT2D eigenvalue weighted by atomic mass is 10.3. The molecule has 0 unspecified atom stereocenters. The lowest BCUT2D eigenvalue weighted by Gasteiger charge is -2.11. The fourth-order valence-corrected chi connectivity index (χ4v) is 1.91. The van der Waals surface area contributed by atoms with Crippen molar-refractivity contribution in [3.8, 4) is 17.8 Å². The third-order valence-corrected chi connectivity index (χ3v) is 3.06. The minimum absolute atomic E-state index is 0.0561. The Balaban J connectivity index is 2.32. The van der Waals surface area contributed by atoms with Crippen molar-refractivity contribution in [3.63, 3.8) is 0 Å². The molecular weight excluding hydrogens is 360 g/mol. The second kappa shape index (κ2) is 6.91. The van der Waals surface area contributed by atoms with E-state index in [2.05, 4.69) is 36.2 Å². The minimum atomic E-state index is -0.0561. The Bertz CT molecular complexity index is 640. The number of ether oxygens (including phenoxy) is 2. The van der Waals surface area contributed by atoms with Crippen molar-refractivity contribution in [2.45, 2.75) is 20.0 Å². The van der Waals surface area contributed by atoms with Gasteiger partial charge in [-0.1, -0.05) is 27.5 Å². The molecule has 0 amide bonds. The third kappa shape index (κ3) is 4.44. The van der Waals surface area contributed by atoms with Gasteiger partial charge < -0.3 is 14.8 Å². The van der Waals surface area contributed by atoms with Crippen LogP contribution in [0.2, 0.25) is 5.02 Å². The Kier molecular flexibility index (Phi) is 5.19. The zero-order valence-electron chi connectivity index (χ0n) is 11.7. The number of anilines is 1. The summed E-state index contributed by atoms with van der Waals surface area (Å²) in [6.07, 6.45) is -0.0561. The number of halogens is 2. The first-order valence-corrected chi connectivity index (χ1v) is 7.38. The van der Waals surface area contributed by atoms with E-state index in [4.69, 9.17) is 21.1 Å². The molecule has 0 aliphatic rings. The van der Waals surface area contributed by atoms with Crippen molar-refractivity contribution in [2.24, 2.45) is 0 Å². The molecule has 2 aromatic rings. The normalized spacial score (nSPS) is 10.6. The molecule has 1 aromatic heterocycles. The molecule has 8 heteroatoms. The lowest BCUT2D eigenvalue weighted by Crippen LogP contribution is -2.11. The average molecular weight is 374 g/mol. The molecule has 0 bridgehead atoms. The van der Waals surface area contributed by atoms with Gasteiger partial charge in [0.15, 0.2) is 5.75 Å². The SMILES string of the molecule is CNc1nc(Oc2cc(Br)ccc2Cl)nc(OC(C)C)n1. The minimum Gasteiger partial charge on any atom is -0.461 e. The first-order chi connectivity index (χ1) is 9.97. The highest BCUT2D eigenvalue weighted by Gasteiger charge is 2.12. The van der Waals surface area contributed by atoms with Crippen LogP contribution in [0.15, 0.2) is 22.7 Å². The average Bonchev–Trinajstić information content (AvgIpc) is 2.42. The van der Waals surface area contributed by atoms with Crippen molar-refractivity contribution in [3.05, 3.63) is 27.7 Å². The smallest absolute Gasteiger partial charge is 0.330 e. The molecule has 0 aliphatic heterocycles. The van der Waals surface area contributed by atoms with E-state index >= 15 is 0 Å². The summed E-state index contributed by atoms with van der Waals surface area (Å²) in [5, 5.41) is 3.28. The van der Waals surface area contributed by atoms with Crippen LogP contribution < -0.4 is 14.8 Å². The van der Waals surface area contributed by atoms with Crippen LogP contribution in [0.5, 0.6) is 17.8 Å². The van der Waals surface area contributed by atoms with Gasteiger partial charge in [0.05, 0.1) is 11.1 Å². The molecule has 21 heavy (non-hydrogen) atoms. The van der Waals surface area contributed by atoms with Gasteiger partial charge >= 0.3 is 12.0 Å². The Morgan fingerprint density at radius 2 is 1.90 bits per heavy atom. The van der Waals surface area contributed by atoms with Crippen LogP contribution >= 0.6 is 27.5 Å². The van der Waals surface area contributed by atoms with Gasteiger partial charge in [0.25, 0.3) is 0 Å². The van der Waals surface area contributed by atoms with E-state index in [1.807, 2.05) is 19.9 Å². The molecule has 112 valence electrons. The van der Waals surface area contributed by atoms with Gasteiger partial charge in [-0.05, 0) is 32.0 Å². The second-order valence-electron chi connectivity index (χ2n) is 4.32. The quantitative estimate of drug-likeness (QED) is 0.857. The molecular formula is C13H14BrClN4O2. The fourth-order valence-electron chi connectivity index (χ4n) is 1.41. The number of aromatic nitrogens is 3. The van der Waals surface area contributed by atoms with E-state index < -0.39 is 0 Å². The number of rotatable bonds is 5. The summed E-state index contributed by atoms with van der Waals surface area (Å²) in [5.41, 5.74) is 0. The van der Waals surface area contributed by atoms with E-state index in [-0.39, 0.29) is 18.1 Å². The summed E-state index contributed by atoms with van der Waals surface area (Å²) in [5.74, 6) is 0.788. The van der Waals surface area contributed by atoms with Gasteiger partial charge in [0.1, 0.15) is 0 Å². The predicted molar refractivity (Wildman–Crippen MR) is 84.4 cm³/mol. The number of benzene rings is 1. The summed E-state index contributed by atoms with van der Waals surface area (Å²) in [4.78, 5) is 12.3. The van der Waals surface area contributed by atoms with Gasteiger partial charge in [0.2, 0.25) is 5.95 Å². The first kappa shape index (κ1) is 15.8. The van der Waals surface area contributed by atoms with Crippen LogP contribution in [-0.4, -0.2) is 28.1 Å². The summed E-state index contributed by atoms with van der Waals surface area (Å²) in [6, 6.07) is 5.55. The summed E-state index contributed by atoms with van der Waals surface area (Å²) >= 11 is 9.44. The molecule has 1 aromatic carbocycles. The van der Waals surface area contributed by atoms with Crippen LogP contribution in [0.4, 0.5) is 5.95 Å². The van der Waals surface area contributed by atoms with E-state index in [1.165, 1.54) is 0 Å². The zero-order valence-corrected chi connectivity index (χ0v) is 14.1. The first-order valence-electron chi connectivity index (χ1n) is 6.21. The van der Waals surface area contributed by atoms with Crippen LogP contribution in [0.1, 0.15) is 13.8 Å². The molecule has 0 saturated heterocycles. The van der Waals surface area contributed by atoms with Crippen molar-refractivity contribution >= 4 is 33.5 Å². The Morgan fingerprint density at radius 1 is 1.19 bits per heavy atom. The molecule has 6 nitrogen and oxygen atoms in total. The Morgan fingerprint density at radius 3 is 2.57 bits per heavy atom. The van der Waals surface area contributed by atoms with Gasteiger partial charge in [-0.25, -0.2) is 0 Å². The maximum atomic E-state index is 6.08. The lowest BCUT2D eigenvalue weighted by molar-refractivity contribution is 0.218. The van der Waals surface area contributed by atoms with Crippen LogP contribution in [0, 0.1) is 0 Å². The summed E-state index contributed by atoms with van der Waals surface area (Å²) in [7, 11) is 1.70. The molecule has 0 saturated carbocycles. The predicted octanol–water partition coefficient (Wildman–Crippen LogP) is 3.91. The van der Waals surface area contributed by atoms with E-state index in [9.17, 15) is 0 Å². The maximum absolute atomic E-state index is 6.08. The highest BCUT2D eigenvalue weighted by atomic mass is 79.9. The standard InChI is InChI=1S/C13H14BrClN4O2/c1-7(2)20-12-17-11(16-3)18-13(19-12)21-10-6-8(14)4-5-9(10)15/h4-7H,1-3H3,(H,16,17,18,19). The van der Waals surface area contributed by atoms with Gasteiger partial charge in [-0.15, -0.1) is 4.98 Å². The number of nitrogens with zero attached hydrogens (tertiary/aromatic N) is 3. The van der Waals surface area contributed by atoms with Gasteiger partial charge in [-0.3, -0.25) is 0 Å². The van der Waals surface area contributed by atoms with Crippen LogP contribution in [0.3, 0.4) is 0 Å². The van der Waals surface area contributed by atoms with Gasteiger partial charge in [0, 0.05) is 11.5 Å². The maximum Gasteiger partial charge on any atom is 0.330 e. The third-order valence-electron chi connectivity index (χ3n) is 2.25. The zero-order chi connectivity index (χ0) is 15.4. The van der Waals surface area contributed by atoms with Crippen molar-refractivity contribution in [1.29, 1.82) is 0 Å². The van der Waals surface area contributed by atoms with Crippen LogP contribution in [0.25, 0.3) is 0 Å². The van der Waals surface area contributed by atoms with E-state index in [1.54, 1.807) is 19.2 Å². The Labute approximate surface area is 136 Å². The largest absolute Gasteiger partial charge is 0.461 e. The molecule has 2 rings (SSSR count). The highest BCUT2D eigenvalue weighted by Crippen LogP contribution is 2.31. The molecule has 1 heterocycles.